The number of anilines is 1. The van der Waals surface area contributed by atoms with E-state index in [4.69, 9.17) is 11.6 Å². The van der Waals surface area contributed by atoms with E-state index in [1.807, 2.05) is 4.72 Å². The number of nitrogens with one attached hydrogen (secondary N) is 1. The minimum atomic E-state index is -4.73. The van der Waals surface area contributed by atoms with Crippen LogP contribution < -0.4 is 4.72 Å². The van der Waals surface area contributed by atoms with Gasteiger partial charge in [0, 0.05) is 12.3 Å². The summed E-state index contributed by atoms with van der Waals surface area (Å²) in [6.45, 7) is 0. The molecule has 2 rings (SSSR count). The van der Waals surface area contributed by atoms with Gasteiger partial charge in [-0.15, -0.1) is 0 Å². The summed E-state index contributed by atoms with van der Waals surface area (Å²) in [4.78, 5) is 3.37. The molecular weight excluding hydrogens is 345 g/mol. The standard InChI is InChI=1S/C12H8ClF3N2O3S/c13-11-4-2-8(6-17-11)22(20,21)18-7-1-3-9(10(19)5-7)12(14,15)16/h1-6,18-19H. The second-order valence-corrected chi connectivity index (χ2v) is 6.22. The minimum Gasteiger partial charge on any atom is -0.507 e. The fraction of sp³-hybridized carbons (Fsp3) is 0.0833. The average Bonchev–Trinajstić information content (AvgIpc) is 2.37. The van der Waals surface area contributed by atoms with Crippen LogP contribution in [-0.4, -0.2) is 18.5 Å². The van der Waals surface area contributed by atoms with Gasteiger partial charge in [-0.1, -0.05) is 11.6 Å². The third-order valence-electron chi connectivity index (χ3n) is 2.57. The second-order valence-electron chi connectivity index (χ2n) is 4.15. The summed E-state index contributed by atoms with van der Waals surface area (Å²) >= 11 is 5.54. The maximum Gasteiger partial charge on any atom is 0.419 e. The smallest absolute Gasteiger partial charge is 0.419 e. The molecule has 0 unspecified atom stereocenters. The molecule has 0 atom stereocenters. The van der Waals surface area contributed by atoms with E-state index in [-0.39, 0.29) is 15.7 Å². The highest BCUT2D eigenvalue weighted by Gasteiger charge is 2.33. The normalized spacial score (nSPS) is 12.2. The molecule has 5 nitrogen and oxygen atoms in total. The SMILES string of the molecule is O=S(=O)(Nc1ccc(C(F)(F)F)c(O)c1)c1ccc(Cl)nc1. The van der Waals surface area contributed by atoms with Crippen LogP contribution >= 0.6 is 11.6 Å². The van der Waals surface area contributed by atoms with Gasteiger partial charge in [0.05, 0.1) is 11.3 Å². The first kappa shape index (κ1) is 16.4. The summed E-state index contributed by atoms with van der Waals surface area (Å²) in [5.74, 6) is -1.08. The number of alkyl halides is 3. The molecule has 22 heavy (non-hydrogen) atoms. The molecule has 0 bridgehead atoms. The summed E-state index contributed by atoms with van der Waals surface area (Å²) in [6.07, 6.45) is -3.74. The summed E-state index contributed by atoms with van der Waals surface area (Å²) in [6, 6.07) is 4.57. The number of pyridine rings is 1. The number of rotatable bonds is 3. The number of nitrogens with zero attached hydrogens (tertiary/aromatic N) is 1. The van der Waals surface area contributed by atoms with Crippen molar-refractivity contribution < 1.29 is 26.7 Å². The predicted octanol–water partition coefficient (Wildman–Crippen LogP) is 3.26. The summed E-state index contributed by atoms with van der Waals surface area (Å²) in [5, 5.41) is 9.44. The van der Waals surface area contributed by atoms with Crippen molar-refractivity contribution in [1.29, 1.82) is 0 Å². The number of phenolic OH excluding ortho intramolecular Hbond substituents is 1. The Bertz CT molecular complexity index is 792. The number of hydrogen-bond acceptors (Lipinski definition) is 4. The Labute approximate surface area is 128 Å². The number of aromatic hydroxyl groups is 1. The Morgan fingerprint density at radius 2 is 1.86 bits per heavy atom. The van der Waals surface area contributed by atoms with Gasteiger partial charge >= 0.3 is 6.18 Å². The average molecular weight is 353 g/mol. The van der Waals surface area contributed by atoms with Gasteiger partial charge in [-0.25, -0.2) is 13.4 Å². The third kappa shape index (κ3) is 3.60. The first-order valence-electron chi connectivity index (χ1n) is 5.64. The van der Waals surface area contributed by atoms with Crippen LogP contribution in [0.2, 0.25) is 5.15 Å². The van der Waals surface area contributed by atoms with Crippen molar-refractivity contribution >= 4 is 27.3 Å². The molecule has 0 fully saturated rings. The van der Waals surface area contributed by atoms with Crippen molar-refractivity contribution in [2.75, 3.05) is 4.72 Å². The Morgan fingerprint density at radius 3 is 2.36 bits per heavy atom. The van der Waals surface area contributed by atoms with Gasteiger partial charge in [-0.2, -0.15) is 13.2 Å². The van der Waals surface area contributed by atoms with Crippen LogP contribution in [0.5, 0.6) is 5.75 Å². The Balaban J connectivity index is 2.31. The second kappa shape index (κ2) is 5.65. The van der Waals surface area contributed by atoms with Crippen molar-refractivity contribution in [2.45, 2.75) is 11.1 Å². The van der Waals surface area contributed by atoms with E-state index < -0.39 is 27.5 Å². The summed E-state index contributed by atoms with van der Waals surface area (Å²) < 4.78 is 63.6. The van der Waals surface area contributed by atoms with Gasteiger partial charge in [0.15, 0.2) is 0 Å². The lowest BCUT2D eigenvalue weighted by atomic mass is 10.2. The van der Waals surface area contributed by atoms with E-state index in [0.29, 0.717) is 12.1 Å². The highest BCUT2D eigenvalue weighted by Crippen LogP contribution is 2.37. The lowest BCUT2D eigenvalue weighted by Gasteiger charge is -2.12. The molecular formula is C12H8ClF3N2O3S. The molecule has 10 heteroatoms. The number of benzene rings is 1. The van der Waals surface area contributed by atoms with Crippen molar-refractivity contribution in [3.63, 3.8) is 0 Å². The third-order valence-corrected chi connectivity index (χ3v) is 4.16. The quantitative estimate of drug-likeness (QED) is 0.831. The van der Waals surface area contributed by atoms with Crippen molar-refractivity contribution in [3.05, 3.63) is 47.2 Å². The van der Waals surface area contributed by atoms with Gasteiger partial charge in [-0.05, 0) is 24.3 Å². The van der Waals surface area contributed by atoms with Crippen LogP contribution in [0.3, 0.4) is 0 Å². The van der Waals surface area contributed by atoms with Gasteiger partial charge in [0.25, 0.3) is 10.0 Å². The van der Waals surface area contributed by atoms with Gasteiger partial charge < -0.3 is 5.11 Å². The number of halogens is 4. The zero-order valence-corrected chi connectivity index (χ0v) is 12.2. The highest BCUT2D eigenvalue weighted by atomic mass is 35.5. The number of aromatic nitrogens is 1. The van der Waals surface area contributed by atoms with Gasteiger partial charge in [0.2, 0.25) is 0 Å². The predicted molar refractivity (Wildman–Crippen MR) is 73.2 cm³/mol. The van der Waals surface area contributed by atoms with Crippen LogP contribution in [0.15, 0.2) is 41.4 Å². The fourth-order valence-corrected chi connectivity index (χ4v) is 2.68. The first-order valence-corrected chi connectivity index (χ1v) is 7.50. The molecule has 0 amide bonds. The lowest BCUT2D eigenvalue weighted by Crippen LogP contribution is -2.13. The molecule has 0 saturated carbocycles. The van der Waals surface area contributed by atoms with Crippen molar-refractivity contribution in [3.8, 4) is 5.75 Å². The zero-order valence-electron chi connectivity index (χ0n) is 10.6. The minimum absolute atomic E-state index is 0.0890. The number of sulfonamides is 1. The highest BCUT2D eigenvalue weighted by molar-refractivity contribution is 7.92. The largest absolute Gasteiger partial charge is 0.507 e. The Hall–Kier alpha value is -2.00. The Kier molecular flexibility index (Phi) is 4.21. The van der Waals surface area contributed by atoms with Gasteiger partial charge in [-0.3, -0.25) is 4.72 Å². The molecule has 0 aliphatic heterocycles. The molecule has 2 aromatic rings. The molecule has 0 saturated heterocycles. The fourth-order valence-electron chi connectivity index (χ4n) is 1.57. The van der Waals surface area contributed by atoms with E-state index in [9.17, 15) is 26.7 Å². The number of phenols is 1. The van der Waals surface area contributed by atoms with E-state index in [0.717, 1.165) is 12.3 Å². The van der Waals surface area contributed by atoms with E-state index in [1.165, 1.54) is 12.1 Å². The molecule has 1 aromatic carbocycles. The van der Waals surface area contributed by atoms with Gasteiger partial charge in [0.1, 0.15) is 15.8 Å². The van der Waals surface area contributed by atoms with E-state index in [2.05, 4.69) is 4.98 Å². The zero-order chi connectivity index (χ0) is 16.5. The summed E-state index contributed by atoms with van der Waals surface area (Å²) in [5.41, 5.74) is -1.48. The Morgan fingerprint density at radius 1 is 1.18 bits per heavy atom. The van der Waals surface area contributed by atoms with Crippen LogP contribution in [-0.2, 0) is 16.2 Å². The maximum absolute atomic E-state index is 12.5. The summed E-state index contributed by atoms with van der Waals surface area (Å²) in [7, 11) is -4.06. The molecule has 0 spiro atoms. The van der Waals surface area contributed by atoms with Crippen molar-refractivity contribution in [1.82, 2.24) is 4.98 Å². The maximum atomic E-state index is 12.5. The first-order chi connectivity index (χ1) is 10.1. The molecule has 1 heterocycles. The van der Waals surface area contributed by atoms with E-state index in [1.54, 1.807) is 0 Å². The van der Waals surface area contributed by atoms with E-state index >= 15 is 0 Å². The van der Waals surface area contributed by atoms with Crippen molar-refractivity contribution in [2.24, 2.45) is 0 Å². The van der Waals surface area contributed by atoms with Crippen LogP contribution in [0, 0.1) is 0 Å². The lowest BCUT2D eigenvalue weighted by molar-refractivity contribution is -0.138. The molecule has 2 N–H and O–H groups in total. The van der Waals surface area contributed by atoms with Crippen LogP contribution in [0.1, 0.15) is 5.56 Å². The molecule has 0 aliphatic rings. The molecule has 1 aromatic heterocycles. The van der Waals surface area contributed by atoms with Crippen LogP contribution in [0.4, 0.5) is 18.9 Å². The number of hydrogen-bond donors (Lipinski definition) is 2. The molecule has 0 aliphatic carbocycles. The molecule has 118 valence electrons. The monoisotopic (exact) mass is 352 g/mol. The topological polar surface area (TPSA) is 79.3 Å². The van der Waals surface area contributed by atoms with Crippen LogP contribution in [0.25, 0.3) is 0 Å². The molecule has 0 radical (unpaired) electrons.